The molecule has 6 heteroatoms. The summed E-state index contributed by atoms with van der Waals surface area (Å²) in [5.74, 6) is 3.39. The summed E-state index contributed by atoms with van der Waals surface area (Å²) in [7, 11) is 1.48. The number of esters is 1. The summed E-state index contributed by atoms with van der Waals surface area (Å²) >= 11 is 0. The van der Waals surface area contributed by atoms with Crippen molar-refractivity contribution >= 4 is 17.7 Å². The van der Waals surface area contributed by atoms with Crippen molar-refractivity contribution < 1.29 is 14.3 Å². The molecule has 0 heterocycles. The summed E-state index contributed by atoms with van der Waals surface area (Å²) in [6.07, 6.45) is 12.7. The number of carbonyl (C=O) groups is 2. The molecule has 0 radical (unpaired) electrons. The van der Waals surface area contributed by atoms with Gasteiger partial charge >= 0.3 is 12.0 Å². The lowest BCUT2D eigenvalue weighted by atomic mass is 9.44. The van der Waals surface area contributed by atoms with Crippen molar-refractivity contribution in [3.05, 3.63) is 0 Å². The van der Waals surface area contributed by atoms with Crippen LogP contribution in [0.4, 0.5) is 4.79 Å². The van der Waals surface area contributed by atoms with Gasteiger partial charge in [0.2, 0.25) is 0 Å². The molecule has 8 atom stereocenters. The molecule has 0 aromatic heterocycles. The number of ether oxygens (including phenoxy) is 1. The predicted octanol–water partition coefficient (Wildman–Crippen LogP) is 5.26. The van der Waals surface area contributed by atoms with Crippen LogP contribution in [-0.2, 0) is 9.53 Å². The van der Waals surface area contributed by atoms with Crippen LogP contribution in [0.5, 0.6) is 0 Å². The van der Waals surface area contributed by atoms with Gasteiger partial charge in [-0.1, -0.05) is 33.6 Å². The SMILES string of the molecule is COC(=O)CC[C@H](C)[C@H]1CC[C@@H]2[C@H]3C(=NNC(N)=O)C[C@@H]4CCCC[C@]4(C)[C@H]3CC[C@@]21C. The highest BCUT2D eigenvalue weighted by Crippen LogP contribution is 2.67. The van der Waals surface area contributed by atoms with E-state index in [4.69, 9.17) is 10.5 Å². The van der Waals surface area contributed by atoms with Gasteiger partial charge in [-0.15, -0.1) is 0 Å². The van der Waals surface area contributed by atoms with E-state index in [-0.39, 0.29) is 11.4 Å². The smallest absolute Gasteiger partial charge is 0.332 e. The number of carbonyl (C=O) groups excluding carboxylic acids is 2. The number of amides is 2. The lowest BCUT2D eigenvalue weighted by Gasteiger charge is -2.61. The fourth-order valence-corrected chi connectivity index (χ4v) is 8.86. The highest BCUT2D eigenvalue weighted by atomic mass is 16.5. The number of hydrogen-bond acceptors (Lipinski definition) is 4. The Morgan fingerprint density at radius 1 is 1.12 bits per heavy atom. The minimum atomic E-state index is -0.565. The lowest BCUT2D eigenvalue weighted by Crippen LogP contribution is -2.56. The van der Waals surface area contributed by atoms with Crippen molar-refractivity contribution in [3.63, 3.8) is 0 Å². The molecule has 0 saturated heterocycles. The van der Waals surface area contributed by atoms with Gasteiger partial charge in [0.05, 0.1) is 7.11 Å². The van der Waals surface area contributed by atoms with E-state index in [0.717, 1.165) is 12.8 Å². The third kappa shape index (κ3) is 3.96. The van der Waals surface area contributed by atoms with Crippen molar-refractivity contribution in [3.8, 4) is 0 Å². The van der Waals surface area contributed by atoms with E-state index in [1.165, 1.54) is 64.2 Å². The summed E-state index contributed by atoms with van der Waals surface area (Å²) in [5.41, 5.74) is 9.87. The Hall–Kier alpha value is -1.59. The standard InChI is InChI=1S/C26H43N3O3/c1-16(8-11-22(30)32-4)18-9-10-19-23-20(12-14-26(18,19)3)25(2)13-6-5-7-17(25)15-21(23)28-29-24(27)31/h16-20,23H,5-15H2,1-4H3,(H3,27,29,31)/t16-,17-,18+,19+,20-,23+,25-,26+/m0/s1. The molecule has 3 N–H and O–H groups in total. The molecule has 0 spiro atoms. The number of urea groups is 1. The van der Waals surface area contributed by atoms with E-state index < -0.39 is 6.03 Å². The second-order valence-corrected chi connectivity index (χ2v) is 11.8. The number of primary amides is 1. The summed E-state index contributed by atoms with van der Waals surface area (Å²) in [6, 6.07) is -0.565. The van der Waals surface area contributed by atoms with Crippen LogP contribution in [0.3, 0.4) is 0 Å². The zero-order valence-corrected chi connectivity index (χ0v) is 20.5. The van der Waals surface area contributed by atoms with Gasteiger partial charge in [0.1, 0.15) is 0 Å². The fourth-order valence-electron chi connectivity index (χ4n) is 8.86. The van der Waals surface area contributed by atoms with Gasteiger partial charge in [-0.2, -0.15) is 5.10 Å². The number of nitrogens with two attached hydrogens (primary N) is 1. The minimum absolute atomic E-state index is 0.101. The monoisotopic (exact) mass is 445 g/mol. The molecule has 32 heavy (non-hydrogen) atoms. The van der Waals surface area contributed by atoms with Gasteiger partial charge in [0.15, 0.2) is 0 Å². The third-order valence-electron chi connectivity index (χ3n) is 10.5. The molecule has 4 aliphatic rings. The normalized spacial score (nSPS) is 43.0. The number of methoxy groups -OCH3 is 1. The van der Waals surface area contributed by atoms with E-state index in [1.807, 2.05) is 0 Å². The van der Waals surface area contributed by atoms with Crippen LogP contribution in [0, 0.1) is 46.3 Å². The van der Waals surface area contributed by atoms with E-state index in [0.29, 0.717) is 47.3 Å². The molecule has 4 rings (SSSR count). The zero-order valence-electron chi connectivity index (χ0n) is 20.5. The highest BCUT2D eigenvalue weighted by molar-refractivity contribution is 5.90. The van der Waals surface area contributed by atoms with Crippen molar-refractivity contribution in [1.29, 1.82) is 0 Å². The van der Waals surface area contributed by atoms with E-state index in [9.17, 15) is 9.59 Å². The van der Waals surface area contributed by atoms with Gasteiger partial charge < -0.3 is 10.5 Å². The maximum Gasteiger partial charge on any atom is 0.332 e. The topological polar surface area (TPSA) is 93.8 Å². The van der Waals surface area contributed by atoms with Gasteiger partial charge in [-0.3, -0.25) is 4.79 Å². The second-order valence-electron chi connectivity index (χ2n) is 11.8. The van der Waals surface area contributed by atoms with Crippen LogP contribution in [0.25, 0.3) is 0 Å². The van der Waals surface area contributed by atoms with E-state index >= 15 is 0 Å². The van der Waals surface area contributed by atoms with Crippen LogP contribution < -0.4 is 11.2 Å². The average Bonchev–Trinajstić information content (AvgIpc) is 3.12. The van der Waals surface area contributed by atoms with Gasteiger partial charge in [-0.05, 0) is 91.8 Å². The molecule has 6 nitrogen and oxygen atoms in total. The molecule has 2 amide bonds. The maximum absolute atomic E-state index is 11.7. The molecule has 0 aliphatic heterocycles. The Morgan fingerprint density at radius 3 is 2.59 bits per heavy atom. The first-order chi connectivity index (χ1) is 15.2. The number of hydrazone groups is 1. The second kappa shape index (κ2) is 8.98. The van der Waals surface area contributed by atoms with E-state index in [2.05, 4.69) is 31.3 Å². The Kier molecular flexibility index (Phi) is 6.61. The third-order valence-corrected chi connectivity index (χ3v) is 10.5. The van der Waals surface area contributed by atoms with Gasteiger partial charge in [-0.25, -0.2) is 10.2 Å². The molecule has 4 saturated carbocycles. The molecule has 4 fully saturated rings. The fraction of sp³-hybridized carbons (Fsp3) is 0.885. The molecule has 0 aromatic rings. The molecule has 0 aromatic carbocycles. The summed E-state index contributed by atoms with van der Waals surface area (Å²) in [4.78, 5) is 23.2. The molecule has 0 unspecified atom stereocenters. The highest BCUT2D eigenvalue weighted by Gasteiger charge is 2.62. The van der Waals surface area contributed by atoms with Crippen molar-refractivity contribution in [2.24, 2.45) is 57.2 Å². The largest absolute Gasteiger partial charge is 0.469 e. The number of rotatable bonds is 5. The molecular weight excluding hydrogens is 402 g/mol. The number of fused-ring (bicyclic) bond motifs is 5. The molecular formula is C26H43N3O3. The predicted molar refractivity (Wildman–Crippen MR) is 126 cm³/mol. The number of nitrogens with one attached hydrogen (secondary N) is 1. The first-order valence-electron chi connectivity index (χ1n) is 12.9. The van der Waals surface area contributed by atoms with Crippen LogP contribution in [0.1, 0.15) is 91.4 Å². The number of nitrogens with zero attached hydrogens (tertiary/aromatic N) is 1. The van der Waals surface area contributed by atoms with Crippen molar-refractivity contribution in [1.82, 2.24) is 5.43 Å². The Labute approximate surface area is 193 Å². The van der Waals surface area contributed by atoms with Crippen molar-refractivity contribution in [2.75, 3.05) is 7.11 Å². The van der Waals surface area contributed by atoms with Gasteiger partial charge in [0, 0.05) is 18.1 Å². The Morgan fingerprint density at radius 2 is 1.88 bits per heavy atom. The van der Waals surface area contributed by atoms with E-state index in [1.54, 1.807) is 0 Å². The molecule has 0 bridgehead atoms. The van der Waals surface area contributed by atoms with Crippen LogP contribution in [-0.4, -0.2) is 24.8 Å². The zero-order chi connectivity index (χ0) is 23.1. The molecule has 4 aliphatic carbocycles. The Bertz CT molecular complexity index is 767. The minimum Gasteiger partial charge on any atom is -0.469 e. The summed E-state index contributed by atoms with van der Waals surface area (Å²) in [5, 5.41) is 4.65. The van der Waals surface area contributed by atoms with Crippen LogP contribution in [0.2, 0.25) is 0 Å². The van der Waals surface area contributed by atoms with Gasteiger partial charge in [0.25, 0.3) is 0 Å². The lowest BCUT2D eigenvalue weighted by molar-refractivity contribution is -0.141. The molecule has 180 valence electrons. The first kappa shape index (κ1) is 23.6. The quantitative estimate of drug-likeness (QED) is 0.446. The summed E-state index contributed by atoms with van der Waals surface area (Å²) in [6.45, 7) is 7.39. The number of hydrogen-bond donors (Lipinski definition) is 2. The maximum atomic E-state index is 11.7. The first-order valence-corrected chi connectivity index (χ1v) is 12.9. The van der Waals surface area contributed by atoms with Crippen LogP contribution in [0.15, 0.2) is 5.10 Å². The van der Waals surface area contributed by atoms with Crippen LogP contribution >= 0.6 is 0 Å². The summed E-state index contributed by atoms with van der Waals surface area (Å²) < 4.78 is 4.89. The average molecular weight is 446 g/mol. The Balaban J connectivity index is 1.61. The van der Waals surface area contributed by atoms with Crippen molar-refractivity contribution in [2.45, 2.75) is 91.4 Å².